The van der Waals surface area contributed by atoms with Crippen molar-refractivity contribution in [2.75, 3.05) is 76.0 Å². The van der Waals surface area contributed by atoms with E-state index >= 15 is 8.42 Å². The number of anilines is 4. The van der Waals surface area contributed by atoms with Crippen molar-refractivity contribution >= 4 is 32.6 Å². The van der Waals surface area contributed by atoms with E-state index in [-0.39, 0.29) is 0 Å². The normalized spacial score (nSPS) is 12.6. The molecule has 0 spiro atoms. The lowest BCUT2D eigenvalue weighted by Crippen LogP contribution is -2.25. The van der Waals surface area contributed by atoms with Crippen LogP contribution in [0.4, 0.5) is 22.7 Å². The molecule has 0 N–H and O–H groups in total. The number of benzene rings is 4. The van der Waals surface area contributed by atoms with E-state index in [1.807, 2.05) is 28.2 Å². The topological polar surface area (TPSA) is 47.1 Å². The number of sulfone groups is 1. The molecule has 0 aliphatic rings. The van der Waals surface area contributed by atoms with Crippen molar-refractivity contribution in [1.29, 1.82) is 0 Å². The van der Waals surface area contributed by atoms with Crippen LogP contribution in [0.15, 0.2) is 84.9 Å². The molecule has 0 aromatic heterocycles. The van der Waals surface area contributed by atoms with Gasteiger partial charge in [0.05, 0.1) is 0 Å². The Kier molecular flexibility index (Phi) is 23.3. The van der Waals surface area contributed by atoms with Gasteiger partial charge >= 0.3 is 0 Å². The van der Waals surface area contributed by atoms with Gasteiger partial charge in [-0.15, -0.1) is 0 Å². The fourth-order valence-electron chi connectivity index (χ4n) is 9.41. The number of unbranched alkanes of at least 4 members (excludes halogenated alkanes) is 18. The molecule has 4 aromatic carbocycles. The Morgan fingerprint density at radius 3 is 0.892 bits per heavy atom. The van der Waals surface area contributed by atoms with Crippen LogP contribution in [-0.4, -0.2) is 64.8 Å². The smallest absolute Gasteiger partial charge is 0.172 e. The molecular weight excluding hydrogens is 817 g/mol. The zero-order valence-electron chi connectivity index (χ0n) is 42.8. The van der Waals surface area contributed by atoms with Crippen molar-refractivity contribution in [3.8, 4) is 0 Å². The highest BCUT2D eigenvalue weighted by Crippen LogP contribution is 2.46. The molecule has 0 saturated carbocycles. The highest BCUT2D eigenvalue weighted by molar-refractivity contribution is 7.92. The first-order valence-corrected chi connectivity index (χ1v) is 27.3. The maximum absolute atomic E-state index is 16.5. The third-order valence-electron chi connectivity index (χ3n) is 13.5. The Balaban J connectivity index is 1.81. The van der Waals surface area contributed by atoms with Gasteiger partial charge in [-0.25, -0.2) is 8.42 Å². The van der Waals surface area contributed by atoms with Gasteiger partial charge in [-0.3, -0.25) is 0 Å². The molecule has 0 aliphatic carbocycles. The number of rotatable bonds is 32. The summed E-state index contributed by atoms with van der Waals surface area (Å²) in [6.45, 7) is 4.56. The Morgan fingerprint density at radius 1 is 0.354 bits per heavy atom. The summed E-state index contributed by atoms with van der Waals surface area (Å²) in [6.07, 6.45) is 27.0. The van der Waals surface area contributed by atoms with Gasteiger partial charge in [0.2, 0.25) is 0 Å². The molecule has 0 saturated heterocycles. The van der Waals surface area contributed by atoms with Gasteiger partial charge in [-0.05, 0) is 108 Å². The van der Waals surface area contributed by atoms with Gasteiger partial charge in [0.25, 0.3) is 0 Å². The minimum atomic E-state index is -4.01. The fraction of sp³-hybridized carbons (Fsp3) is 0.586. The quantitative estimate of drug-likeness (QED) is 0.0455. The van der Waals surface area contributed by atoms with Gasteiger partial charge in [0.15, 0.2) is 9.84 Å². The highest BCUT2D eigenvalue weighted by atomic mass is 32.2. The lowest BCUT2D eigenvalue weighted by atomic mass is 9.93. The molecule has 0 heterocycles. The average Bonchev–Trinajstić information content (AvgIpc) is 3.28. The van der Waals surface area contributed by atoms with Crippen LogP contribution in [0.3, 0.4) is 0 Å². The number of hydrogen-bond donors (Lipinski definition) is 0. The Labute approximate surface area is 399 Å². The van der Waals surface area contributed by atoms with Gasteiger partial charge in [-0.1, -0.05) is 166 Å². The van der Waals surface area contributed by atoms with E-state index < -0.39 is 20.3 Å². The molecule has 65 heavy (non-hydrogen) atoms. The van der Waals surface area contributed by atoms with Crippen molar-refractivity contribution < 1.29 is 8.42 Å². The molecule has 7 heteroatoms. The van der Waals surface area contributed by atoms with Gasteiger partial charge in [0, 0.05) is 79.1 Å². The second-order valence-electron chi connectivity index (χ2n) is 19.7. The standard InChI is InChI=1S/C58H90N4O2S/c1-11-13-15-17-19-21-23-25-27-29-31-49-45-53(61(7)8)41-43-55(49)57(47-33-37-51(38-34-47)59(3)4)65(63,64)58(48-35-39-52(40-36-48)60(5)6)56-44-42-54(62(9)10)46-50(56)32-30-28-26-24-22-20-18-16-14-12-2/h33-46,57-58H,11-32H2,1-10H3. The minimum absolute atomic E-state index is 0.814. The van der Waals surface area contributed by atoms with Crippen molar-refractivity contribution in [3.05, 3.63) is 118 Å². The predicted octanol–water partition coefficient (Wildman–Crippen LogP) is 15.2. The van der Waals surface area contributed by atoms with Gasteiger partial charge < -0.3 is 19.6 Å². The minimum Gasteiger partial charge on any atom is -0.378 e. The molecule has 0 fully saturated rings. The fourth-order valence-corrected chi connectivity index (χ4v) is 11.9. The predicted molar refractivity (Wildman–Crippen MR) is 287 cm³/mol. The van der Waals surface area contributed by atoms with E-state index in [4.69, 9.17) is 0 Å². The highest BCUT2D eigenvalue weighted by Gasteiger charge is 2.40. The van der Waals surface area contributed by atoms with E-state index in [2.05, 4.69) is 147 Å². The summed E-state index contributed by atoms with van der Waals surface area (Å²) < 4.78 is 32.9. The first kappa shape index (κ1) is 53.6. The molecule has 360 valence electrons. The molecule has 0 aliphatic heterocycles. The Morgan fingerprint density at radius 2 is 0.615 bits per heavy atom. The van der Waals surface area contributed by atoms with Gasteiger partial charge in [-0.2, -0.15) is 0 Å². The number of hydrogen-bond acceptors (Lipinski definition) is 6. The molecule has 0 amide bonds. The summed E-state index contributed by atoms with van der Waals surface area (Å²) >= 11 is 0. The molecule has 0 radical (unpaired) electrons. The molecule has 4 rings (SSSR count). The average molecular weight is 907 g/mol. The van der Waals surface area contributed by atoms with Crippen molar-refractivity contribution in [1.82, 2.24) is 0 Å². The van der Waals surface area contributed by atoms with Crippen LogP contribution in [0, 0.1) is 0 Å². The van der Waals surface area contributed by atoms with Crippen LogP contribution >= 0.6 is 0 Å². The van der Waals surface area contributed by atoms with Crippen LogP contribution < -0.4 is 19.6 Å². The number of aryl methyl sites for hydroxylation is 2. The summed E-state index contributed by atoms with van der Waals surface area (Å²) in [5, 5.41) is -1.74. The van der Waals surface area contributed by atoms with Crippen LogP contribution in [-0.2, 0) is 22.7 Å². The molecule has 6 nitrogen and oxygen atoms in total. The summed E-state index contributed by atoms with van der Waals surface area (Å²) in [5.41, 5.74) is 10.0. The maximum atomic E-state index is 16.5. The van der Waals surface area contributed by atoms with Gasteiger partial charge in [0.1, 0.15) is 10.5 Å². The van der Waals surface area contributed by atoms with Crippen molar-refractivity contribution in [3.63, 3.8) is 0 Å². The van der Waals surface area contributed by atoms with E-state index in [1.165, 1.54) is 103 Å². The lowest BCUT2D eigenvalue weighted by Gasteiger charge is -2.30. The summed E-state index contributed by atoms with van der Waals surface area (Å²) in [4.78, 5) is 8.44. The molecule has 2 unspecified atom stereocenters. The zero-order chi connectivity index (χ0) is 47.2. The second kappa shape index (κ2) is 28.3. The summed E-state index contributed by atoms with van der Waals surface area (Å²) in [5.74, 6) is 0. The summed E-state index contributed by atoms with van der Waals surface area (Å²) in [6, 6.07) is 29.6. The maximum Gasteiger partial charge on any atom is 0.172 e. The largest absolute Gasteiger partial charge is 0.378 e. The van der Waals surface area contributed by atoms with E-state index in [0.29, 0.717) is 0 Å². The second-order valence-corrected chi connectivity index (χ2v) is 21.9. The first-order valence-electron chi connectivity index (χ1n) is 25.7. The van der Waals surface area contributed by atoms with Crippen LogP contribution in [0.25, 0.3) is 0 Å². The molecule has 0 bridgehead atoms. The first-order chi connectivity index (χ1) is 31.3. The summed E-state index contributed by atoms with van der Waals surface area (Å²) in [7, 11) is 12.4. The Bertz CT molecular complexity index is 1900. The van der Waals surface area contributed by atoms with Crippen molar-refractivity contribution in [2.45, 2.75) is 166 Å². The monoisotopic (exact) mass is 907 g/mol. The number of nitrogens with zero attached hydrogens (tertiary/aromatic N) is 4. The van der Waals surface area contributed by atoms with E-state index in [0.717, 1.165) is 94.7 Å². The molecule has 2 atom stereocenters. The molecular formula is C58H90N4O2S. The van der Waals surface area contributed by atoms with Crippen molar-refractivity contribution in [2.24, 2.45) is 0 Å². The van der Waals surface area contributed by atoms with Crippen LogP contribution in [0.2, 0.25) is 0 Å². The van der Waals surface area contributed by atoms with Crippen LogP contribution in [0.5, 0.6) is 0 Å². The SMILES string of the molecule is CCCCCCCCCCCCc1cc(N(C)C)ccc1C(c1ccc(N(C)C)cc1)S(=O)(=O)C(c1ccc(N(C)C)cc1)c1ccc(N(C)C)cc1CCCCCCCCCCCC. The Hall–Kier alpha value is -3.97. The zero-order valence-corrected chi connectivity index (χ0v) is 43.6. The molecule has 4 aromatic rings. The lowest BCUT2D eigenvalue weighted by molar-refractivity contribution is 0.555. The van der Waals surface area contributed by atoms with E-state index in [9.17, 15) is 0 Å². The third kappa shape index (κ3) is 16.7. The van der Waals surface area contributed by atoms with E-state index in [1.54, 1.807) is 0 Å². The third-order valence-corrected chi connectivity index (χ3v) is 15.9. The van der Waals surface area contributed by atoms with Crippen LogP contribution in [0.1, 0.15) is 186 Å².